The maximum absolute atomic E-state index is 12.4. The molecule has 110 valence electrons. The van der Waals surface area contributed by atoms with Gasteiger partial charge in [0.15, 0.2) is 0 Å². The van der Waals surface area contributed by atoms with Crippen molar-refractivity contribution < 1.29 is 9.53 Å². The summed E-state index contributed by atoms with van der Waals surface area (Å²) in [5.41, 5.74) is 1.64. The zero-order valence-corrected chi connectivity index (χ0v) is 14.4. The van der Waals surface area contributed by atoms with E-state index in [1.807, 2.05) is 31.7 Å². The lowest BCUT2D eigenvalue weighted by Crippen LogP contribution is -2.51. The molecular weight excluding hydrogens is 318 g/mol. The maximum atomic E-state index is 12.4. The van der Waals surface area contributed by atoms with Crippen molar-refractivity contribution in [2.75, 3.05) is 6.54 Å². The number of ether oxygens (including phenoxy) is 1. The number of nitrogens with zero attached hydrogens (tertiary/aromatic N) is 1. The first-order chi connectivity index (χ1) is 9.13. The summed E-state index contributed by atoms with van der Waals surface area (Å²) in [6, 6.07) is 6.16. The van der Waals surface area contributed by atoms with Crippen LogP contribution < -0.4 is 0 Å². The number of hydrogen-bond donors (Lipinski definition) is 0. The molecule has 1 amide bonds. The molecule has 0 unspecified atom stereocenters. The fourth-order valence-corrected chi connectivity index (χ4v) is 3.24. The summed E-state index contributed by atoms with van der Waals surface area (Å²) in [6.45, 7) is 10.5. The van der Waals surface area contributed by atoms with E-state index in [2.05, 4.69) is 41.9 Å². The zero-order chi connectivity index (χ0) is 15.1. The van der Waals surface area contributed by atoms with Crippen LogP contribution in [0.3, 0.4) is 0 Å². The van der Waals surface area contributed by atoms with Gasteiger partial charge in [0.05, 0.1) is 5.54 Å². The van der Waals surface area contributed by atoms with E-state index in [0.29, 0.717) is 6.54 Å². The Balaban J connectivity index is 2.34. The maximum Gasteiger partial charge on any atom is 0.411 e. The third kappa shape index (κ3) is 2.85. The molecule has 1 aromatic rings. The van der Waals surface area contributed by atoms with Gasteiger partial charge in [-0.25, -0.2) is 4.79 Å². The summed E-state index contributed by atoms with van der Waals surface area (Å²) in [7, 11) is 0. The number of amides is 1. The van der Waals surface area contributed by atoms with Gasteiger partial charge in [-0.15, -0.1) is 0 Å². The number of rotatable bonds is 0. The summed E-state index contributed by atoms with van der Waals surface area (Å²) in [5.74, 6) is 0. The summed E-state index contributed by atoms with van der Waals surface area (Å²) in [4.78, 5) is 14.2. The predicted octanol–water partition coefficient (Wildman–Crippen LogP) is 4.48. The van der Waals surface area contributed by atoms with E-state index >= 15 is 0 Å². The number of hydrogen-bond acceptors (Lipinski definition) is 2. The van der Waals surface area contributed by atoms with Crippen LogP contribution in [0.25, 0.3) is 0 Å². The molecule has 0 atom stereocenters. The largest absolute Gasteiger partial charge is 0.444 e. The zero-order valence-electron chi connectivity index (χ0n) is 12.8. The molecule has 2 rings (SSSR count). The van der Waals surface area contributed by atoms with Gasteiger partial charge < -0.3 is 4.74 Å². The summed E-state index contributed by atoms with van der Waals surface area (Å²) >= 11 is 3.60. The van der Waals surface area contributed by atoms with Gasteiger partial charge >= 0.3 is 6.09 Å². The molecule has 1 aliphatic rings. The lowest BCUT2D eigenvalue weighted by molar-refractivity contribution is -0.000353. The van der Waals surface area contributed by atoms with Crippen LogP contribution in [0.2, 0.25) is 0 Å². The molecule has 1 heterocycles. The second-order valence-electron chi connectivity index (χ2n) is 6.71. The van der Waals surface area contributed by atoms with Crippen LogP contribution in [0.5, 0.6) is 0 Å². The second-order valence-corrected chi connectivity index (χ2v) is 7.56. The molecule has 0 bridgehead atoms. The van der Waals surface area contributed by atoms with Gasteiger partial charge in [-0.2, -0.15) is 0 Å². The first-order valence-corrected chi connectivity index (χ1v) is 7.71. The Morgan fingerprint density at radius 3 is 2.60 bits per heavy atom. The summed E-state index contributed by atoms with van der Waals surface area (Å²) in [5, 5.41) is 0. The summed E-state index contributed by atoms with van der Waals surface area (Å²) < 4.78 is 6.65. The normalized spacial score (nSPS) is 17.6. The van der Waals surface area contributed by atoms with Gasteiger partial charge in [0, 0.05) is 11.0 Å². The highest BCUT2D eigenvalue weighted by molar-refractivity contribution is 9.10. The van der Waals surface area contributed by atoms with Crippen molar-refractivity contribution in [3.05, 3.63) is 33.8 Å². The molecule has 3 nitrogen and oxygen atoms in total. The minimum atomic E-state index is -0.468. The average Bonchev–Trinajstić information content (AvgIpc) is 2.27. The highest BCUT2D eigenvalue weighted by Gasteiger charge is 2.39. The van der Waals surface area contributed by atoms with Crippen LogP contribution in [-0.2, 0) is 16.7 Å². The van der Waals surface area contributed by atoms with Gasteiger partial charge in [-0.05, 0) is 58.2 Å². The number of fused-ring (bicyclic) bond motifs is 1. The van der Waals surface area contributed by atoms with Crippen molar-refractivity contribution in [1.82, 2.24) is 4.90 Å². The minimum Gasteiger partial charge on any atom is -0.444 e. The van der Waals surface area contributed by atoms with Gasteiger partial charge in [-0.1, -0.05) is 28.1 Å². The molecule has 0 spiro atoms. The van der Waals surface area contributed by atoms with Gasteiger partial charge in [-0.3, -0.25) is 4.90 Å². The number of benzene rings is 1. The molecule has 20 heavy (non-hydrogen) atoms. The highest BCUT2D eigenvalue weighted by Crippen LogP contribution is 2.38. The first kappa shape index (κ1) is 15.4. The Morgan fingerprint density at radius 1 is 1.35 bits per heavy atom. The third-order valence-corrected chi connectivity index (χ3v) is 4.40. The molecule has 0 aliphatic carbocycles. The standard InChI is InChI=1S/C16H22BrNO2/c1-15(2,3)20-14(19)18-10-9-11-12(16(18,4)5)7-6-8-13(11)17/h6-8H,9-10H2,1-5H3. The first-order valence-electron chi connectivity index (χ1n) is 6.91. The van der Waals surface area contributed by atoms with Crippen molar-refractivity contribution in [2.45, 2.75) is 52.2 Å². The molecule has 0 saturated heterocycles. The lowest BCUT2D eigenvalue weighted by Gasteiger charge is -2.44. The van der Waals surface area contributed by atoms with Crippen molar-refractivity contribution in [2.24, 2.45) is 0 Å². The van der Waals surface area contributed by atoms with Crippen molar-refractivity contribution in [1.29, 1.82) is 0 Å². The number of carbonyl (C=O) groups is 1. The SMILES string of the molecule is CC(C)(C)OC(=O)N1CCc2c(Br)cccc2C1(C)C. The smallest absolute Gasteiger partial charge is 0.411 e. The van der Waals surface area contributed by atoms with Gasteiger partial charge in [0.25, 0.3) is 0 Å². The Morgan fingerprint density at radius 2 is 2.00 bits per heavy atom. The topological polar surface area (TPSA) is 29.5 Å². The quantitative estimate of drug-likeness (QED) is 0.697. The number of halogens is 1. The van der Waals surface area contributed by atoms with Crippen LogP contribution in [0, 0.1) is 0 Å². The van der Waals surface area contributed by atoms with Crippen molar-refractivity contribution in [3.63, 3.8) is 0 Å². The van der Waals surface area contributed by atoms with E-state index in [0.717, 1.165) is 10.9 Å². The fraction of sp³-hybridized carbons (Fsp3) is 0.562. The van der Waals surface area contributed by atoms with E-state index in [1.165, 1.54) is 11.1 Å². The van der Waals surface area contributed by atoms with E-state index in [9.17, 15) is 4.79 Å². The third-order valence-electron chi connectivity index (χ3n) is 3.65. The Hall–Kier alpha value is -1.03. The Kier molecular flexibility index (Phi) is 3.89. The monoisotopic (exact) mass is 339 g/mol. The van der Waals surface area contributed by atoms with Gasteiger partial charge in [0.2, 0.25) is 0 Å². The second kappa shape index (κ2) is 5.06. The van der Waals surface area contributed by atoms with Crippen molar-refractivity contribution in [3.8, 4) is 0 Å². The van der Waals surface area contributed by atoms with Gasteiger partial charge in [0.1, 0.15) is 5.60 Å². The van der Waals surface area contributed by atoms with E-state index in [-0.39, 0.29) is 11.6 Å². The molecule has 4 heteroatoms. The van der Waals surface area contributed by atoms with E-state index < -0.39 is 5.60 Å². The van der Waals surface area contributed by atoms with Crippen LogP contribution >= 0.6 is 15.9 Å². The Bertz CT molecular complexity index is 532. The molecule has 1 aromatic carbocycles. The van der Waals surface area contributed by atoms with Crippen LogP contribution in [-0.4, -0.2) is 23.1 Å². The predicted molar refractivity (Wildman–Crippen MR) is 83.8 cm³/mol. The van der Waals surface area contributed by atoms with Crippen LogP contribution in [0.1, 0.15) is 45.7 Å². The molecule has 0 N–H and O–H groups in total. The molecule has 0 fully saturated rings. The summed E-state index contributed by atoms with van der Waals surface area (Å²) in [6.07, 6.45) is 0.604. The Labute approximate surface area is 129 Å². The highest BCUT2D eigenvalue weighted by atomic mass is 79.9. The molecule has 0 radical (unpaired) electrons. The van der Waals surface area contributed by atoms with E-state index in [1.54, 1.807) is 0 Å². The van der Waals surface area contributed by atoms with Crippen LogP contribution in [0.15, 0.2) is 22.7 Å². The fourth-order valence-electron chi connectivity index (χ4n) is 2.67. The van der Waals surface area contributed by atoms with Crippen LogP contribution in [0.4, 0.5) is 4.79 Å². The number of carbonyl (C=O) groups excluding carboxylic acids is 1. The molecule has 0 saturated carbocycles. The molecule has 0 aromatic heterocycles. The minimum absolute atomic E-state index is 0.242. The van der Waals surface area contributed by atoms with Crippen molar-refractivity contribution >= 4 is 22.0 Å². The lowest BCUT2D eigenvalue weighted by atomic mass is 9.84. The molecular formula is C16H22BrNO2. The molecule has 1 aliphatic heterocycles. The van der Waals surface area contributed by atoms with E-state index in [4.69, 9.17) is 4.74 Å². The average molecular weight is 340 g/mol.